The van der Waals surface area contributed by atoms with Gasteiger partial charge in [-0.15, -0.1) is 0 Å². The van der Waals surface area contributed by atoms with Crippen molar-refractivity contribution in [3.8, 4) is 0 Å². The van der Waals surface area contributed by atoms with Crippen molar-refractivity contribution >= 4 is 21.8 Å². The molecule has 2 rings (SSSR count). The summed E-state index contributed by atoms with van der Waals surface area (Å²) in [5.41, 5.74) is -0.192. The maximum Gasteiger partial charge on any atom is 0.251 e. The van der Waals surface area contributed by atoms with Crippen molar-refractivity contribution in [1.29, 1.82) is 0 Å². The molecule has 1 aromatic rings. The molecule has 1 aliphatic rings. The minimum atomic E-state index is -0.192. The molecule has 2 unspecified atom stereocenters. The second-order valence-corrected chi connectivity index (χ2v) is 5.64. The third-order valence-corrected chi connectivity index (χ3v) is 3.64. The van der Waals surface area contributed by atoms with Crippen LogP contribution in [0.5, 0.6) is 0 Å². The lowest BCUT2D eigenvalue weighted by Crippen LogP contribution is -2.43. The van der Waals surface area contributed by atoms with Crippen LogP contribution in [0.15, 0.2) is 27.6 Å². The maximum absolute atomic E-state index is 11.9. The van der Waals surface area contributed by atoms with Crippen molar-refractivity contribution in [2.75, 3.05) is 6.61 Å². The van der Waals surface area contributed by atoms with Crippen LogP contribution >= 0.6 is 15.9 Å². The van der Waals surface area contributed by atoms with Crippen LogP contribution in [-0.4, -0.2) is 29.2 Å². The molecule has 1 amide bonds. The maximum atomic E-state index is 11.9. The summed E-state index contributed by atoms with van der Waals surface area (Å²) in [5.74, 6) is -0.178. The average molecular weight is 329 g/mol. The Morgan fingerprint density at radius 2 is 2.42 bits per heavy atom. The zero-order valence-electron chi connectivity index (χ0n) is 10.8. The van der Waals surface area contributed by atoms with E-state index in [0.717, 1.165) is 23.9 Å². The number of ether oxygens (including phenoxy) is 1. The quantitative estimate of drug-likeness (QED) is 0.906. The SMILES string of the molecule is CC(NC(=O)Cn1cc(Br)ccc1=O)C1CCCO1. The summed E-state index contributed by atoms with van der Waals surface area (Å²) >= 11 is 3.28. The van der Waals surface area contributed by atoms with Crippen molar-refractivity contribution in [2.24, 2.45) is 0 Å². The van der Waals surface area contributed by atoms with Gasteiger partial charge in [0.25, 0.3) is 5.56 Å². The summed E-state index contributed by atoms with van der Waals surface area (Å²) in [6.07, 6.45) is 3.70. The predicted octanol–water partition coefficient (Wildman–Crippen LogP) is 1.29. The van der Waals surface area contributed by atoms with E-state index in [4.69, 9.17) is 4.74 Å². The number of hydrogen-bond acceptors (Lipinski definition) is 3. The van der Waals surface area contributed by atoms with Gasteiger partial charge in [-0.2, -0.15) is 0 Å². The molecule has 6 heteroatoms. The largest absolute Gasteiger partial charge is 0.376 e. The van der Waals surface area contributed by atoms with Gasteiger partial charge in [0.15, 0.2) is 0 Å². The lowest BCUT2D eigenvalue weighted by molar-refractivity contribution is -0.123. The second kappa shape index (κ2) is 6.34. The summed E-state index contributed by atoms with van der Waals surface area (Å²) in [4.78, 5) is 23.5. The Bertz CT molecular complexity index is 509. The van der Waals surface area contributed by atoms with Crippen LogP contribution < -0.4 is 10.9 Å². The monoisotopic (exact) mass is 328 g/mol. The van der Waals surface area contributed by atoms with Crippen LogP contribution in [-0.2, 0) is 16.1 Å². The van der Waals surface area contributed by atoms with Gasteiger partial charge in [0.1, 0.15) is 6.54 Å². The number of hydrogen-bond donors (Lipinski definition) is 1. The number of aromatic nitrogens is 1. The summed E-state index contributed by atoms with van der Waals surface area (Å²) in [6.45, 7) is 2.71. The summed E-state index contributed by atoms with van der Waals surface area (Å²) in [5, 5.41) is 2.88. The van der Waals surface area contributed by atoms with Crippen LogP contribution in [0.25, 0.3) is 0 Å². The third kappa shape index (κ3) is 3.91. The molecule has 0 aromatic carbocycles. The molecule has 1 aliphatic heterocycles. The minimum absolute atomic E-state index is 0.0231. The average Bonchev–Trinajstić information content (AvgIpc) is 2.87. The highest BCUT2D eigenvalue weighted by Crippen LogP contribution is 2.15. The van der Waals surface area contributed by atoms with E-state index in [-0.39, 0.29) is 30.2 Å². The van der Waals surface area contributed by atoms with Crippen molar-refractivity contribution < 1.29 is 9.53 Å². The molecule has 0 bridgehead atoms. The lowest BCUT2D eigenvalue weighted by atomic mass is 10.1. The van der Waals surface area contributed by atoms with Gasteiger partial charge in [0.05, 0.1) is 12.1 Å². The molecule has 2 heterocycles. The van der Waals surface area contributed by atoms with Crippen LogP contribution in [0.1, 0.15) is 19.8 Å². The van der Waals surface area contributed by atoms with Gasteiger partial charge < -0.3 is 14.6 Å². The highest BCUT2D eigenvalue weighted by atomic mass is 79.9. The van der Waals surface area contributed by atoms with E-state index in [0.29, 0.717) is 0 Å². The van der Waals surface area contributed by atoms with E-state index in [1.807, 2.05) is 6.92 Å². The Hall–Kier alpha value is -1.14. The van der Waals surface area contributed by atoms with E-state index >= 15 is 0 Å². The summed E-state index contributed by atoms with van der Waals surface area (Å²) < 4.78 is 7.66. The highest BCUT2D eigenvalue weighted by Gasteiger charge is 2.23. The Balaban J connectivity index is 1.93. The number of nitrogens with zero attached hydrogens (tertiary/aromatic N) is 1. The molecular formula is C13H17BrN2O3. The number of pyridine rings is 1. The van der Waals surface area contributed by atoms with Crippen LogP contribution in [0.4, 0.5) is 0 Å². The molecule has 1 aromatic heterocycles. The Labute approximate surface area is 120 Å². The standard InChI is InChI=1S/C13H17BrN2O3/c1-9(11-3-2-6-19-11)15-12(17)8-16-7-10(14)4-5-13(16)18/h4-5,7,9,11H,2-3,6,8H2,1H3,(H,15,17). The zero-order valence-corrected chi connectivity index (χ0v) is 12.4. The number of amides is 1. The molecule has 1 fully saturated rings. The fraction of sp³-hybridized carbons (Fsp3) is 0.538. The molecule has 0 radical (unpaired) electrons. The van der Waals surface area contributed by atoms with Gasteiger partial charge in [0.2, 0.25) is 5.91 Å². The molecule has 0 aliphatic carbocycles. The summed E-state index contributed by atoms with van der Waals surface area (Å²) in [7, 11) is 0. The first-order chi connectivity index (χ1) is 9.06. The Morgan fingerprint density at radius 1 is 1.63 bits per heavy atom. The minimum Gasteiger partial charge on any atom is -0.376 e. The normalized spacial score (nSPS) is 20.2. The van der Waals surface area contributed by atoms with Crippen molar-refractivity contribution in [1.82, 2.24) is 9.88 Å². The van der Waals surface area contributed by atoms with Crippen molar-refractivity contribution in [3.05, 3.63) is 33.2 Å². The van der Waals surface area contributed by atoms with Gasteiger partial charge in [-0.1, -0.05) is 0 Å². The molecule has 19 heavy (non-hydrogen) atoms. The highest BCUT2D eigenvalue weighted by molar-refractivity contribution is 9.10. The first-order valence-corrected chi connectivity index (χ1v) is 7.12. The Morgan fingerprint density at radius 3 is 3.11 bits per heavy atom. The number of rotatable bonds is 4. The molecule has 104 valence electrons. The molecule has 0 spiro atoms. The second-order valence-electron chi connectivity index (χ2n) is 4.72. The van der Waals surface area contributed by atoms with Gasteiger partial charge in [0, 0.05) is 23.3 Å². The van der Waals surface area contributed by atoms with Gasteiger partial charge >= 0.3 is 0 Å². The number of nitrogens with one attached hydrogen (secondary N) is 1. The van der Waals surface area contributed by atoms with Crippen LogP contribution in [0.3, 0.4) is 0 Å². The molecular weight excluding hydrogens is 312 g/mol. The molecule has 0 saturated carbocycles. The zero-order chi connectivity index (χ0) is 13.8. The number of carbonyl (C=O) groups is 1. The molecule has 1 saturated heterocycles. The van der Waals surface area contributed by atoms with Gasteiger partial charge in [-0.05, 0) is 41.8 Å². The molecule has 2 atom stereocenters. The number of carbonyl (C=O) groups excluding carboxylic acids is 1. The van der Waals surface area contributed by atoms with E-state index in [1.165, 1.54) is 10.6 Å². The van der Waals surface area contributed by atoms with Crippen LogP contribution in [0.2, 0.25) is 0 Å². The molecule has 1 N–H and O–H groups in total. The number of halogens is 1. The first-order valence-electron chi connectivity index (χ1n) is 6.33. The van der Waals surface area contributed by atoms with E-state index < -0.39 is 0 Å². The predicted molar refractivity (Wildman–Crippen MR) is 75.0 cm³/mol. The third-order valence-electron chi connectivity index (χ3n) is 3.17. The summed E-state index contributed by atoms with van der Waals surface area (Å²) in [6, 6.07) is 3.06. The Kier molecular flexibility index (Phi) is 4.76. The van der Waals surface area contributed by atoms with E-state index in [2.05, 4.69) is 21.2 Å². The topological polar surface area (TPSA) is 60.3 Å². The fourth-order valence-corrected chi connectivity index (χ4v) is 2.55. The lowest BCUT2D eigenvalue weighted by Gasteiger charge is -2.20. The van der Waals surface area contributed by atoms with E-state index in [1.54, 1.807) is 12.3 Å². The smallest absolute Gasteiger partial charge is 0.251 e. The first kappa shape index (κ1) is 14.3. The van der Waals surface area contributed by atoms with E-state index in [9.17, 15) is 9.59 Å². The van der Waals surface area contributed by atoms with Crippen LogP contribution in [0, 0.1) is 0 Å². The molecule has 5 nitrogen and oxygen atoms in total. The fourth-order valence-electron chi connectivity index (χ4n) is 2.17. The van der Waals surface area contributed by atoms with Crippen molar-refractivity contribution in [3.63, 3.8) is 0 Å². The van der Waals surface area contributed by atoms with Crippen molar-refractivity contribution in [2.45, 2.75) is 38.5 Å². The van der Waals surface area contributed by atoms with Gasteiger partial charge in [-0.25, -0.2) is 0 Å². The van der Waals surface area contributed by atoms with Gasteiger partial charge in [-0.3, -0.25) is 9.59 Å².